The van der Waals surface area contributed by atoms with E-state index in [0.717, 1.165) is 35.7 Å². The second kappa shape index (κ2) is 6.46. The minimum Gasteiger partial charge on any atom is -0.207 e. The van der Waals surface area contributed by atoms with E-state index >= 15 is 0 Å². The first-order chi connectivity index (χ1) is 9.37. The monoisotopic (exact) mass is 423 g/mol. The van der Waals surface area contributed by atoms with Gasteiger partial charge in [0.1, 0.15) is 0 Å². The number of halogens is 2. The molecule has 0 aromatic heterocycles. The van der Waals surface area contributed by atoms with Gasteiger partial charge in [-0.1, -0.05) is 29.3 Å². The van der Waals surface area contributed by atoms with Crippen LogP contribution in [0.4, 0.5) is 0 Å². The summed E-state index contributed by atoms with van der Waals surface area (Å²) in [5.41, 5.74) is 1.02. The van der Waals surface area contributed by atoms with Crippen LogP contribution in [0.1, 0.15) is 38.2 Å². The van der Waals surface area contributed by atoms with Crippen molar-refractivity contribution in [2.45, 2.75) is 50.5 Å². The Hall–Kier alpha value is 0.0900. The topological polar surface area (TPSA) is 37.4 Å². The molecule has 0 radical (unpaired) electrons. The lowest BCUT2D eigenvalue weighted by atomic mass is 10.2. The molecule has 1 aromatic rings. The van der Waals surface area contributed by atoms with Crippen LogP contribution in [0.15, 0.2) is 26.0 Å². The van der Waals surface area contributed by atoms with Crippen molar-refractivity contribution in [2.24, 2.45) is 0 Å². The van der Waals surface area contributed by atoms with Crippen molar-refractivity contribution in [3.8, 4) is 0 Å². The van der Waals surface area contributed by atoms with Gasteiger partial charge >= 0.3 is 0 Å². The van der Waals surface area contributed by atoms with E-state index in [4.69, 9.17) is 0 Å². The predicted molar refractivity (Wildman–Crippen MR) is 88.4 cm³/mol. The second-order valence-electron chi connectivity index (χ2n) is 5.23. The molecule has 0 bridgehead atoms. The van der Waals surface area contributed by atoms with Crippen molar-refractivity contribution in [3.63, 3.8) is 0 Å². The highest BCUT2D eigenvalue weighted by molar-refractivity contribution is 9.11. The molecule has 0 spiro atoms. The van der Waals surface area contributed by atoms with Crippen LogP contribution in [0.3, 0.4) is 0 Å². The van der Waals surface area contributed by atoms with Crippen molar-refractivity contribution in [1.29, 1.82) is 0 Å². The maximum absolute atomic E-state index is 12.9. The average molecular weight is 425 g/mol. The Morgan fingerprint density at radius 3 is 2.45 bits per heavy atom. The Bertz CT molecular complexity index is 597. The summed E-state index contributed by atoms with van der Waals surface area (Å²) in [4.78, 5) is 0.359. The smallest absolute Gasteiger partial charge is 0.207 e. The van der Waals surface area contributed by atoms with E-state index in [-0.39, 0.29) is 6.04 Å². The molecule has 0 unspecified atom stereocenters. The van der Waals surface area contributed by atoms with Crippen molar-refractivity contribution >= 4 is 41.9 Å². The van der Waals surface area contributed by atoms with Gasteiger partial charge in [0.2, 0.25) is 10.0 Å². The molecule has 0 aliphatic heterocycles. The van der Waals surface area contributed by atoms with E-state index in [2.05, 4.69) is 38.8 Å². The van der Waals surface area contributed by atoms with E-state index < -0.39 is 10.0 Å². The summed E-state index contributed by atoms with van der Waals surface area (Å²) >= 11 is 6.82. The third kappa shape index (κ3) is 3.46. The first kappa shape index (κ1) is 16.5. The largest absolute Gasteiger partial charge is 0.244 e. The highest BCUT2D eigenvalue weighted by Crippen LogP contribution is 2.36. The van der Waals surface area contributed by atoms with Crippen LogP contribution in [0.5, 0.6) is 0 Å². The average Bonchev–Trinajstić information content (AvgIpc) is 3.18. The molecule has 3 nitrogen and oxygen atoms in total. The number of sulfonamides is 1. The predicted octanol–water partition coefficient (Wildman–Crippen LogP) is 4.47. The van der Waals surface area contributed by atoms with Crippen LogP contribution in [-0.2, 0) is 10.0 Å². The minimum absolute atomic E-state index is 0.193. The Morgan fingerprint density at radius 2 is 1.90 bits per heavy atom. The van der Waals surface area contributed by atoms with Crippen molar-refractivity contribution in [1.82, 2.24) is 4.31 Å². The van der Waals surface area contributed by atoms with Gasteiger partial charge in [-0.3, -0.25) is 0 Å². The number of nitrogens with zero attached hydrogens (tertiary/aromatic N) is 1. The summed E-state index contributed by atoms with van der Waals surface area (Å²) in [6.07, 6.45) is 3.86. The number of unbranched alkanes of at least 4 members (excludes halogenated alkanes) is 1. The first-order valence-corrected chi connectivity index (χ1v) is 9.88. The molecule has 1 saturated carbocycles. The fraction of sp³-hybridized carbons (Fsp3) is 0.571. The normalized spacial score (nSPS) is 15.8. The molecule has 1 aliphatic rings. The van der Waals surface area contributed by atoms with Crippen LogP contribution < -0.4 is 0 Å². The number of hydrogen-bond acceptors (Lipinski definition) is 2. The van der Waals surface area contributed by atoms with E-state index in [0.29, 0.717) is 15.9 Å². The Morgan fingerprint density at radius 1 is 1.25 bits per heavy atom. The van der Waals surface area contributed by atoms with Crippen LogP contribution in [0.25, 0.3) is 0 Å². The minimum atomic E-state index is -3.42. The summed E-state index contributed by atoms with van der Waals surface area (Å²) in [6.45, 7) is 4.64. The molecule has 0 atom stereocenters. The fourth-order valence-electron chi connectivity index (χ4n) is 2.13. The highest BCUT2D eigenvalue weighted by Gasteiger charge is 2.38. The summed E-state index contributed by atoms with van der Waals surface area (Å²) in [5.74, 6) is 0. The van der Waals surface area contributed by atoms with Crippen LogP contribution in [0, 0.1) is 6.92 Å². The molecule has 0 saturated heterocycles. The molecule has 0 heterocycles. The van der Waals surface area contributed by atoms with Crippen molar-refractivity contribution < 1.29 is 8.42 Å². The molecule has 1 fully saturated rings. The number of benzene rings is 1. The molecule has 1 aliphatic carbocycles. The third-order valence-electron chi connectivity index (χ3n) is 3.49. The maximum atomic E-state index is 12.9. The first-order valence-electron chi connectivity index (χ1n) is 6.85. The lowest BCUT2D eigenvalue weighted by molar-refractivity contribution is 0.395. The molecular formula is C14H19Br2NO2S. The van der Waals surface area contributed by atoms with Gasteiger partial charge in [-0.2, -0.15) is 4.31 Å². The summed E-state index contributed by atoms with van der Waals surface area (Å²) in [6, 6.07) is 3.75. The van der Waals surface area contributed by atoms with Gasteiger partial charge < -0.3 is 0 Å². The standard InChI is InChI=1S/C14H19Br2NO2S/c1-3-4-7-17(11-5-6-11)20(18,19)14-9-12(15)10(2)8-13(14)16/h8-9,11H,3-7H2,1-2H3. The molecule has 20 heavy (non-hydrogen) atoms. The fourth-order valence-corrected chi connectivity index (χ4v) is 5.49. The SMILES string of the molecule is CCCCN(C1CC1)S(=O)(=O)c1cc(Br)c(C)cc1Br. The van der Waals surface area contributed by atoms with Gasteiger partial charge in [-0.05, 0) is 59.8 Å². The summed E-state index contributed by atoms with van der Waals surface area (Å²) in [7, 11) is -3.42. The number of aryl methyl sites for hydroxylation is 1. The Kier molecular flexibility index (Phi) is 5.32. The van der Waals surface area contributed by atoms with E-state index in [1.165, 1.54) is 0 Å². The zero-order valence-corrected chi connectivity index (χ0v) is 15.7. The molecule has 1 aromatic carbocycles. The third-order valence-corrected chi connectivity index (χ3v) is 7.25. The van der Waals surface area contributed by atoms with Gasteiger partial charge in [-0.25, -0.2) is 8.42 Å². The Balaban J connectivity index is 2.39. The molecule has 2 rings (SSSR count). The molecule has 0 amide bonds. The van der Waals surface area contributed by atoms with Crippen LogP contribution in [0.2, 0.25) is 0 Å². The van der Waals surface area contributed by atoms with E-state index in [1.54, 1.807) is 10.4 Å². The van der Waals surface area contributed by atoms with E-state index in [9.17, 15) is 8.42 Å². The maximum Gasteiger partial charge on any atom is 0.244 e. The zero-order chi connectivity index (χ0) is 14.9. The molecule has 112 valence electrons. The molecule has 0 N–H and O–H groups in total. The lowest BCUT2D eigenvalue weighted by Gasteiger charge is -2.22. The summed E-state index contributed by atoms with van der Waals surface area (Å²) in [5, 5.41) is 0. The van der Waals surface area contributed by atoms with Gasteiger partial charge in [0, 0.05) is 21.5 Å². The van der Waals surface area contributed by atoms with Crippen LogP contribution >= 0.6 is 31.9 Å². The quantitative estimate of drug-likeness (QED) is 0.675. The highest BCUT2D eigenvalue weighted by atomic mass is 79.9. The van der Waals surface area contributed by atoms with E-state index in [1.807, 2.05) is 13.0 Å². The molecular weight excluding hydrogens is 406 g/mol. The van der Waals surface area contributed by atoms with Crippen molar-refractivity contribution in [3.05, 3.63) is 26.6 Å². The number of hydrogen-bond donors (Lipinski definition) is 0. The van der Waals surface area contributed by atoms with Crippen molar-refractivity contribution in [2.75, 3.05) is 6.54 Å². The van der Waals surface area contributed by atoms with Gasteiger partial charge in [0.15, 0.2) is 0 Å². The van der Waals surface area contributed by atoms with Gasteiger partial charge in [0.25, 0.3) is 0 Å². The number of rotatable bonds is 6. The summed E-state index contributed by atoms with van der Waals surface area (Å²) < 4.78 is 28.9. The Labute approximate surface area is 138 Å². The van der Waals surface area contributed by atoms with Gasteiger partial charge in [0.05, 0.1) is 4.90 Å². The molecule has 6 heteroatoms. The second-order valence-corrected chi connectivity index (χ2v) is 8.80. The van der Waals surface area contributed by atoms with Gasteiger partial charge in [-0.15, -0.1) is 0 Å². The van der Waals surface area contributed by atoms with Crippen LogP contribution in [-0.4, -0.2) is 25.3 Å². The lowest BCUT2D eigenvalue weighted by Crippen LogP contribution is -2.34. The zero-order valence-electron chi connectivity index (χ0n) is 11.7.